The maximum atomic E-state index is 12.5. The van der Waals surface area contributed by atoms with Gasteiger partial charge < -0.3 is 10.1 Å². The van der Waals surface area contributed by atoms with E-state index in [-0.39, 0.29) is 22.8 Å². The lowest BCUT2D eigenvalue weighted by atomic mass is 9.68. The molecule has 0 aromatic rings. The number of fused-ring (bicyclic) bond motifs is 2. The Kier molecular flexibility index (Phi) is 5.03. The Hall–Kier alpha value is -0.550. The van der Waals surface area contributed by atoms with E-state index in [2.05, 4.69) is 19.2 Å². The van der Waals surface area contributed by atoms with Crippen molar-refractivity contribution in [2.24, 2.45) is 16.7 Å². The minimum absolute atomic E-state index is 0.0389. The summed E-state index contributed by atoms with van der Waals surface area (Å²) in [5.41, 5.74) is -0.249. The number of ether oxygens (including phenoxy) is 1. The molecule has 0 amide bonds. The molecule has 0 aliphatic heterocycles. The van der Waals surface area contributed by atoms with Crippen molar-refractivity contribution in [2.45, 2.75) is 45.6 Å². The van der Waals surface area contributed by atoms with E-state index in [4.69, 9.17) is 4.74 Å². The number of hydrogen-bond donors (Lipinski definition) is 1. The SMILES string of the molecule is COC(=O)[C@@H](CCSC)NCC12CCC(CC1=O)C2(C)C. The van der Waals surface area contributed by atoms with Crippen LogP contribution < -0.4 is 5.32 Å². The summed E-state index contributed by atoms with van der Waals surface area (Å²) in [4.78, 5) is 24.4. The molecule has 0 spiro atoms. The van der Waals surface area contributed by atoms with Crippen LogP contribution in [0.4, 0.5) is 0 Å². The fourth-order valence-corrected chi connectivity index (χ4v) is 4.63. The molecule has 3 atom stereocenters. The van der Waals surface area contributed by atoms with Crippen molar-refractivity contribution < 1.29 is 14.3 Å². The summed E-state index contributed by atoms with van der Waals surface area (Å²) < 4.78 is 4.88. The van der Waals surface area contributed by atoms with Crippen LogP contribution >= 0.6 is 11.8 Å². The van der Waals surface area contributed by atoms with Gasteiger partial charge in [-0.25, -0.2) is 0 Å². The summed E-state index contributed by atoms with van der Waals surface area (Å²) in [6.45, 7) is 5.03. The molecule has 5 heteroatoms. The first-order valence-electron chi connectivity index (χ1n) is 7.72. The highest BCUT2D eigenvalue weighted by Crippen LogP contribution is 2.63. The zero-order chi connectivity index (χ0) is 15.7. The number of ketones is 1. The molecule has 4 nitrogen and oxygen atoms in total. The van der Waals surface area contributed by atoms with Crippen molar-refractivity contribution in [3.63, 3.8) is 0 Å². The van der Waals surface area contributed by atoms with Crippen molar-refractivity contribution in [1.82, 2.24) is 5.32 Å². The highest BCUT2D eigenvalue weighted by atomic mass is 32.2. The Balaban J connectivity index is 2.05. The molecule has 0 radical (unpaired) electrons. The van der Waals surface area contributed by atoms with Crippen LogP contribution in [-0.2, 0) is 14.3 Å². The Morgan fingerprint density at radius 3 is 2.71 bits per heavy atom. The quantitative estimate of drug-likeness (QED) is 0.731. The van der Waals surface area contributed by atoms with E-state index in [1.54, 1.807) is 11.8 Å². The van der Waals surface area contributed by atoms with E-state index in [0.29, 0.717) is 24.7 Å². The van der Waals surface area contributed by atoms with Gasteiger partial charge in [-0.3, -0.25) is 9.59 Å². The first-order valence-corrected chi connectivity index (χ1v) is 9.12. The number of nitrogens with one attached hydrogen (secondary N) is 1. The molecule has 0 heterocycles. The normalized spacial score (nSPS) is 31.4. The van der Waals surface area contributed by atoms with Gasteiger partial charge in [-0.15, -0.1) is 0 Å². The van der Waals surface area contributed by atoms with E-state index in [1.165, 1.54) is 7.11 Å². The van der Waals surface area contributed by atoms with Crippen LogP contribution in [0.25, 0.3) is 0 Å². The predicted molar refractivity (Wildman–Crippen MR) is 85.4 cm³/mol. The molecular formula is C16H27NO3S. The molecule has 2 aliphatic rings. The second-order valence-electron chi connectivity index (χ2n) is 6.90. The first-order chi connectivity index (χ1) is 9.89. The lowest BCUT2D eigenvalue weighted by molar-refractivity contribution is -0.144. The van der Waals surface area contributed by atoms with Gasteiger partial charge in [0, 0.05) is 18.4 Å². The number of methoxy groups -OCH3 is 1. The summed E-state index contributed by atoms with van der Waals surface area (Å²) >= 11 is 1.71. The monoisotopic (exact) mass is 313 g/mol. The number of Topliss-reactive ketones (excluding diaryl/α,β-unsaturated/α-hetero) is 1. The number of carbonyl (C=O) groups is 2. The second-order valence-corrected chi connectivity index (χ2v) is 7.89. The fourth-order valence-electron chi connectivity index (χ4n) is 4.16. The summed E-state index contributed by atoms with van der Waals surface area (Å²) in [5.74, 6) is 1.57. The summed E-state index contributed by atoms with van der Waals surface area (Å²) in [6.07, 6.45) is 5.56. The van der Waals surface area contributed by atoms with Crippen molar-refractivity contribution in [1.29, 1.82) is 0 Å². The molecule has 21 heavy (non-hydrogen) atoms. The van der Waals surface area contributed by atoms with Crippen molar-refractivity contribution in [3.8, 4) is 0 Å². The number of thioether (sulfide) groups is 1. The van der Waals surface area contributed by atoms with Gasteiger partial charge in [0.25, 0.3) is 0 Å². The third-order valence-corrected chi connectivity index (χ3v) is 6.53. The van der Waals surface area contributed by atoms with Gasteiger partial charge in [0.05, 0.1) is 7.11 Å². The minimum Gasteiger partial charge on any atom is -0.468 e. The van der Waals surface area contributed by atoms with Gasteiger partial charge in [-0.2, -0.15) is 11.8 Å². The maximum Gasteiger partial charge on any atom is 0.322 e. The molecule has 2 fully saturated rings. The Morgan fingerprint density at radius 2 is 2.24 bits per heavy atom. The summed E-state index contributed by atoms with van der Waals surface area (Å²) in [6, 6.07) is -0.305. The third kappa shape index (κ3) is 2.74. The van der Waals surface area contributed by atoms with E-state index in [0.717, 1.165) is 25.0 Å². The lowest BCUT2D eigenvalue weighted by Crippen LogP contribution is -2.49. The molecule has 0 aromatic heterocycles. The molecule has 0 saturated heterocycles. The van der Waals surface area contributed by atoms with Gasteiger partial charge in [0.15, 0.2) is 0 Å². The Morgan fingerprint density at radius 1 is 1.52 bits per heavy atom. The lowest BCUT2D eigenvalue weighted by Gasteiger charge is -2.37. The van der Waals surface area contributed by atoms with Gasteiger partial charge in [0.2, 0.25) is 0 Å². The Bertz CT molecular complexity index is 424. The van der Waals surface area contributed by atoms with Gasteiger partial charge >= 0.3 is 5.97 Å². The van der Waals surface area contributed by atoms with Crippen LogP contribution in [-0.4, -0.2) is 43.5 Å². The minimum atomic E-state index is -0.305. The van der Waals surface area contributed by atoms with Gasteiger partial charge in [0.1, 0.15) is 11.8 Å². The topological polar surface area (TPSA) is 55.4 Å². The van der Waals surface area contributed by atoms with Gasteiger partial charge in [-0.1, -0.05) is 13.8 Å². The largest absolute Gasteiger partial charge is 0.468 e. The van der Waals surface area contributed by atoms with Gasteiger partial charge in [-0.05, 0) is 42.6 Å². The van der Waals surface area contributed by atoms with E-state index in [1.807, 2.05) is 6.26 Å². The molecular weight excluding hydrogens is 286 g/mol. The van der Waals surface area contributed by atoms with Crippen LogP contribution in [0.1, 0.15) is 39.5 Å². The summed E-state index contributed by atoms with van der Waals surface area (Å²) in [5, 5.41) is 3.34. The Labute approximate surface area is 131 Å². The zero-order valence-electron chi connectivity index (χ0n) is 13.5. The molecule has 2 saturated carbocycles. The third-order valence-electron chi connectivity index (χ3n) is 5.89. The van der Waals surface area contributed by atoms with E-state index >= 15 is 0 Å². The van der Waals surface area contributed by atoms with E-state index in [9.17, 15) is 9.59 Å². The molecule has 2 aliphatic carbocycles. The van der Waals surface area contributed by atoms with Crippen molar-refractivity contribution in [3.05, 3.63) is 0 Å². The standard InChI is InChI=1S/C16H27NO3S/c1-15(2)11-5-7-16(15,13(18)9-11)10-17-12(6-8-21-4)14(19)20-3/h11-12,17H,5-10H2,1-4H3/t11?,12-,16?/m1/s1. The molecule has 120 valence electrons. The molecule has 2 rings (SSSR count). The molecule has 0 aromatic carbocycles. The zero-order valence-corrected chi connectivity index (χ0v) is 14.3. The predicted octanol–water partition coefficient (Wildman–Crippen LogP) is 2.27. The van der Waals surface area contributed by atoms with Crippen LogP contribution in [0.2, 0.25) is 0 Å². The maximum absolute atomic E-state index is 12.5. The number of carbonyl (C=O) groups excluding carboxylic acids is 2. The van der Waals surface area contributed by atoms with Crippen molar-refractivity contribution >= 4 is 23.5 Å². The van der Waals surface area contributed by atoms with Crippen LogP contribution in [0.3, 0.4) is 0 Å². The van der Waals surface area contributed by atoms with Crippen LogP contribution in [0, 0.1) is 16.7 Å². The smallest absolute Gasteiger partial charge is 0.322 e. The highest BCUT2D eigenvalue weighted by molar-refractivity contribution is 7.98. The van der Waals surface area contributed by atoms with Crippen molar-refractivity contribution in [2.75, 3.05) is 25.7 Å². The number of esters is 1. The molecule has 1 N–H and O–H groups in total. The average molecular weight is 313 g/mol. The fraction of sp³-hybridized carbons (Fsp3) is 0.875. The molecule has 2 unspecified atom stereocenters. The highest BCUT2D eigenvalue weighted by Gasteiger charge is 2.63. The van der Waals surface area contributed by atoms with E-state index < -0.39 is 0 Å². The van der Waals surface area contributed by atoms with Crippen LogP contribution in [0.15, 0.2) is 0 Å². The molecule has 2 bridgehead atoms. The second kappa shape index (κ2) is 6.29. The summed E-state index contributed by atoms with van der Waals surface area (Å²) in [7, 11) is 1.42. The number of rotatable bonds is 7. The first kappa shape index (κ1) is 16.8. The number of hydrogen-bond acceptors (Lipinski definition) is 5. The average Bonchev–Trinajstić information content (AvgIpc) is 2.81. The van der Waals surface area contributed by atoms with Crippen LogP contribution in [0.5, 0.6) is 0 Å².